The smallest absolute Gasteiger partial charge is 0.137 e. The van der Waals surface area contributed by atoms with E-state index in [1.54, 1.807) is 19.4 Å². The fourth-order valence-corrected chi connectivity index (χ4v) is 3.02. The summed E-state index contributed by atoms with van der Waals surface area (Å²) in [4.78, 5) is 20.2. The summed E-state index contributed by atoms with van der Waals surface area (Å²) in [6.45, 7) is 9.25. The van der Waals surface area contributed by atoms with Crippen LogP contribution in [0.2, 0.25) is 0 Å². The van der Waals surface area contributed by atoms with Crippen LogP contribution in [0.25, 0.3) is 38.4 Å². The van der Waals surface area contributed by atoms with Gasteiger partial charge in [0.1, 0.15) is 11.3 Å². The molecule has 0 spiro atoms. The van der Waals surface area contributed by atoms with Crippen LogP contribution in [0.1, 0.15) is 12.6 Å². The number of pyridine rings is 1. The Morgan fingerprint density at radius 3 is 2.85 bits per heavy atom. The monoisotopic (exact) mass is 354 g/mol. The molecule has 27 heavy (non-hydrogen) atoms. The number of benzene rings is 1. The predicted octanol–water partition coefficient (Wildman–Crippen LogP) is 4.52. The lowest BCUT2D eigenvalue weighted by atomic mass is 10.0. The van der Waals surface area contributed by atoms with Crippen molar-refractivity contribution in [2.45, 2.75) is 13.3 Å². The van der Waals surface area contributed by atoms with Gasteiger partial charge in [0.2, 0.25) is 0 Å². The Hall–Kier alpha value is -3.72. The highest BCUT2D eigenvalue weighted by molar-refractivity contribution is 5.94. The maximum Gasteiger partial charge on any atom is 0.137 e. The molecule has 4 rings (SSSR count). The Kier molecular flexibility index (Phi) is 4.27. The average molecular weight is 354 g/mol. The highest BCUT2D eigenvalue weighted by Crippen LogP contribution is 2.31. The average Bonchev–Trinajstić information content (AvgIpc) is 3.16. The number of nitrogens with one attached hydrogen (secondary N) is 1. The molecule has 3 heterocycles. The van der Waals surface area contributed by atoms with E-state index in [2.05, 4.69) is 37.9 Å². The zero-order valence-corrected chi connectivity index (χ0v) is 15.1. The number of aryl methyl sites for hydroxylation is 1. The molecule has 3 aromatic heterocycles. The Morgan fingerprint density at radius 2 is 2.04 bits per heavy atom. The molecule has 6 heteroatoms. The molecule has 0 radical (unpaired) electrons. The first-order valence-corrected chi connectivity index (χ1v) is 8.69. The number of hydrogen-bond acceptors (Lipinski definition) is 4. The molecule has 0 bridgehead atoms. The maximum atomic E-state index is 7.19. The van der Waals surface area contributed by atoms with Crippen LogP contribution in [0.5, 0.6) is 0 Å². The zero-order chi connectivity index (χ0) is 18.8. The Bertz CT molecular complexity index is 1150. The molecule has 6 nitrogen and oxygen atoms in total. The van der Waals surface area contributed by atoms with E-state index in [0.717, 1.165) is 51.2 Å². The third-order valence-electron chi connectivity index (χ3n) is 4.56. The molecule has 0 unspecified atom stereocenters. The van der Waals surface area contributed by atoms with Crippen LogP contribution in [0, 0.1) is 6.57 Å². The normalized spacial score (nSPS) is 10.7. The molecular formula is C21H18N6. The molecule has 1 aromatic carbocycles. The first kappa shape index (κ1) is 16.7. The largest absolute Gasteiger partial charge is 0.345 e. The fourth-order valence-electron chi connectivity index (χ4n) is 3.02. The second-order valence-corrected chi connectivity index (χ2v) is 6.25. The number of H-pyrrole nitrogens is 1. The van der Waals surface area contributed by atoms with Crippen molar-refractivity contribution in [2.24, 2.45) is 0 Å². The summed E-state index contributed by atoms with van der Waals surface area (Å²) in [5.74, 6) is 0. The van der Waals surface area contributed by atoms with Gasteiger partial charge in [0.05, 0.1) is 24.6 Å². The highest BCUT2D eigenvalue weighted by Gasteiger charge is 2.12. The van der Waals surface area contributed by atoms with Crippen molar-refractivity contribution < 1.29 is 0 Å². The minimum Gasteiger partial charge on any atom is -0.345 e. The molecule has 0 saturated heterocycles. The first-order chi connectivity index (χ1) is 13.2. The fraction of sp³-hybridized carbons (Fsp3) is 0.143. The highest BCUT2D eigenvalue weighted by atomic mass is 15.4. The van der Waals surface area contributed by atoms with Gasteiger partial charge in [0.25, 0.3) is 0 Å². The lowest BCUT2D eigenvalue weighted by molar-refractivity contribution is 1.00. The van der Waals surface area contributed by atoms with Gasteiger partial charge in [-0.25, -0.2) is 9.97 Å². The van der Waals surface area contributed by atoms with Crippen molar-refractivity contribution in [3.8, 4) is 22.4 Å². The van der Waals surface area contributed by atoms with Crippen LogP contribution in [-0.4, -0.2) is 27.0 Å². The van der Waals surface area contributed by atoms with Crippen LogP contribution in [0.4, 0.5) is 5.69 Å². The van der Waals surface area contributed by atoms with Crippen molar-refractivity contribution in [3.63, 3.8) is 0 Å². The quantitative estimate of drug-likeness (QED) is 0.432. The minimum atomic E-state index is 0.812. The van der Waals surface area contributed by atoms with Gasteiger partial charge in [-0.2, -0.15) is 11.5 Å². The molecule has 0 aliphatic carbocycles. The van der Waals surface area contributed by atoms with E-state index in [4.69, 9.17) is 6.57 Å². The number of fused-ring (bicyclic) bond motifs is 1. The van der Waals surface area contributed by atoms with Crippen molar-refractivity contribution >= 4 is 16.7 Å². The van der Waals surface area contributed by atoms with Gasteiger partial charge in [-0.3, -0.25) is 4.98 Å². The summed E-state index contributed by atoms with van der Waals surface area (Å²) in [6.07, 6.45) is 8.18. The lowest BCUT2D eigenvalue weighted by Gasteiger charge is -2.07. The summed E-state index contributed by atoms with van der Waals surface area (Å²) < 4.78 is 0. The van der Waals surface area contributed by atoms with E-state index in [0.29, 0.717) is 0 Å². The van der Waals surface area contributed by atoms with Crippen LogP contribution in [0.15, 0.2) is 55.1 Å². The number of aromatic nitrogens is 4. The number of rotatable bonds is 4. The molecule has 0 saturated carbocycles. The Morgan fingerprint density at radius 1 is 1.15 bits per heavy atom. The number of anilines is 1. The van der Waals surface area contributed by atoms with Crippen LogP contribution < -0.4 is 5.01 Å². The standard InChI is InChI=1S/C21H18N6/c1-4-16-11-23-13-20(26-16)19-12-25-21-18(19)9-15(10-24-21)14-6-5-7-17(8-14)27(3)22-2/h5-13H,4H2,1,3H3,(H,24,25). The van der Waals surface area contributed by atoms with Gasteiger partial charge < -0.3 is 4.98 Å². The van der Waals surface area contributed by atoms with E-state index in [1.165, 1.54) is 5.01 Å². The molecule has 4 aromatic rings. The SMILES string of the molecule is [C-]#[N+]N(C)c1cccc(-c2cnc3[nH]cc(-c4cncc(CC)n4)c3c2)c1. The van der Waals surface area contributed by atoms with Crippen LogP contribution in [0.3, 0.4) is 0 Å². The van der Waals surface area contributed by atoms with Crippen LogP contribution >= 0.6 is 0 Å². The molecular weight excluding hydrogens is 336 g/mol. The van der Waals surface area contributed by atoms with Crippen LogP contribution in [-0.2, 0) is 6.42 Å². The molecule has 0 atom stereocenters. The van der Waals surface area contributed by atoms with Gasteiger partial charge >= 0.3 is 0 Å². The van der Waals surface area contributed by atoms with Gasteiger partial charge in [-0.05, 0) is 30.2 Å². The molecule has 0 fully saturated rings. The predicted molar refractivity (Wildman–Crippen MR) is 107 cm³/mol. The van der Waals surface area contributed by atoms with E-state index >= 15 is 0 Å². The van der Waals surface area contributed by atoms with E-state index in [1.807, 2.05) is 36.7 Å². The first-order valence-electron chi connectivity index (χ1n) is 8.69. The summed E-state index contributed by atoms with van der Waals surface area (Å²) in [7, 11) is 1.75. The third kappa shape index (κ3) is 3.11. The van der Waals surface area contributed by atoms with E-state index in [-0.39, 0.29) is 0 Å². The Balaban J connectivity index is 1.82. The zero-order valence-electron chi connectivity index (χ0n) is 15.1. The lowest BCUT2D eigenvalue weighted by Crippen LogP contribution is -2.04. The van der Waals surface area contributed by atoms with Crippen molar-refractivity contribution in [1.29, 1.82) is 0 Å². The summed E-state index contributed by atoms with van der Waals surface area (Å²) in [5.41, 5.74) is 6.44. The molecule has 1 N–H and O–H groups in total. The number of hydrogen-bond donors (Lipinski definition) is 1. The van der Waals surface area contributed by atoms with E-state index < -0.39 is 0 Å². The summed E-state index contributed by atoms with van der Waals surface area (Å²) in [6, 6.07) is 9.98. The van der Waals surface area contributed by atoms with E-state index in [9.17, 15) is 0 Å². The molecule has 0 aliphatic rings. The second-order valence-electron chi connectivity index (χ2n) is 6.25. The van der Waals surface area contributed by atoms with Gasteiger partial charge in [-0.15, -0.1) is 0 Å². The third-order valence-corrected chi connectivity index (χ3v) is 4.56. The molecule has 0 amide bonds. The summed E-state index contributed by atoms with van der Waals surface area (Å²) >= 11 is 0. The van der Waals surface area contributed by atoms with Gasteiger partial charge in [0.15, 0.2) is 0 Å². The minimum absolute atomic E-state index is 0.812. The second kappa shape index (κ2) is 6.89. The van der Waals surface area contributed by atoms with Crippen molar-refractivity contribution in [3.05, 3.63) is 72.3 Å². The molecule has 0 aliphatic heterocycles. The van der Waals surface area contributed by atoms with Gasteiger partial charge in [0, 0.05) is 35.1 Å². The number of nitrogens with zero attached hydrogens (tertiary/aromatic N) is 5. The Labute approximate surface area is 157 Å². The molecule has 132 valence electrons. The van der Waals surface area contributed by atoms with Gasteiger partial charge in [-0.1, -0.05) is 24.1 Å². The van der Waals surface area contributed by atoms with Crippen molar-refractivity contribution in [1.82, 2.24) is 19.9 Å². The maximum absolute atomic E-state index is 7.19. The topological polar surface area (TPSA) is 62.1 Å². The number of aromatic amines is 1. The van der Waals surface area contributed by atoms with Crippen molar-refractivity contribution in [2.75, 3.05) is 12.1 Å². The summed E-state index contributed by atoms with van der Waals surface area (Å²) in [5, 5.41) is 2.52.